The Balaban J connectivity index is 2.79. The van der Waals surface area contributed by atoms with Crippen LogP contribution in [0.25, 0.3) is 0 Å². The summed E-state index contributed by atoms with van der Waals surface area (Å²) < 4.78 is 0. The molecular formula is C16H18N2. The normalized spacial score (nSPS) is 11.5. The van der Waals surface area contributed by atoms with Crippen molar-refractivity contribution in [3.8, 4) is 6.07 Å². The Morgan fingerprint density at radius 3 is 2.89 bits per heavy atom. The van der Waals surface area contributed by atoms with Crippen molar-refractivity contribution in [1.29, 1.82) is 5.26 Å². The van der Waals surface area contributed by atoms with E-state index in [1.165, 1.54) is 11.1 Å². The van der Waals surface area contributed by atoms with Crippen LogP contribution in [0.3, 0.4) is 0 Å². The van der Waals surface area contributed by atoms with E-state index in [9.17, 15) is 0 Å². The zero-order chi connectivity index (χ0) is 13.4. The summed E-state index contributed by atoms with van der Waals surface area (Å²) in [4.78, 5) is 4.30. The average Bonchev–Trinajstić information content (AvgIpc) is 2.40. The van der Waals surface area contributed by atoms with E-state index in [2.05, 4.69) is 24.6 Å². The van der Waals surface area contributed by atoms with Gasteiger partial charge in [0.05, 0.1) is 11.6 Å². The van der Waals surface area contributed by atoms with E-state index < -0.39 is 0 Å². The lowest BCUT2D eigenvalue weighted by Gasteiger charge is -2.06. The third-order valence-corrected chi connectivity index (χ3v) is 2.75. The fourth-order valence-corrected chi connectivity index (χ4v) is 1.66. The summed E-state index contributed by atoms with van der Waals surface area (Å²) in [6, 6.07) is 7.96. The van der Waals surface area contributed by atoms with E-state index >= 15 is 0 Å². The minimum Gasteiger partial charge on any atom is -0.262 e. The molecule has 0 saturated carbocycles. The first kappa shape index (κ1) is 13.9. The average molecular weight is 238 g/mol. The molecule has 0 spiro atoms. The Morgan fingerprint density at radius 1 is 1.50 bits per heavy atom. The molecule has 1 rings (SSSR count). The Morgan fingerprint density at radius 2 is 2.28 bits per heavy atom. The number of benzene rings is 1. The van der Waals surface area contributed by atoms with Crippen LogP contribution < -0.4 is 0 Å². The van der Waals surface area contributed by atoms with Gasteiger partial charge in [-0.2, -0.15) is 5.26 Å². The standard InChI is InChI=1S/C16H18N2/c1-4-10-18-16(5-2)9-8-15-11-14(12-17)7-6-13(15)3/h4-7,10-11H,2,8-9H2,1,3H3/b10-4-,18-16?. The molecule has 0 aliphatic rings. The second-order valence-corrected chi connectivity index (χ2v) is 4.06. The van der Waals surface area contributed by atoms with Gasteiger partial charge in [-0.25, -0.2) is 0 Å². The predicted octanol–water partition coefficient (Wildman–Crippen LogP) is 3.96. The number of nitrogens with zero attached hydrogens (tertiary/aromatic N) is 2. The molecule has 0 bridgehead atoms. The van der Waals surface area contributed by atoms with Gasteiger partial charge in [-0.05, 0) is 56.0 Å². The predicted molar refractivity (Wildman–Crippen MR) is 76.7 cm³/mol. The zero-order valence-electron chi connectivity index (χ0n) is 11.0. The smallest absolute Gasteiger partial charge is 0.0991 e. The van der Waals surface area contributed by atoms with Crippen LogP contribution in [0.15, 0.2) is 48.1 Å². The summed E-state index contributed by atoms with van der Waals surface area (Å²) in [7, 11) is 0. The van der Waals surface area contributed by atoms with Gasteiger partial charge < -0.3 is 0 Å². The summed E-state index contributed by atoms with van der Waals surface area (Å²) in [6.07, 6.45) is 7.16. The SMILES string of the molecule is C=CC(CCc1cc(C#N)ccc1C)=N/C=C\C. The first-order valence-corrected chi connectivity index (χ1v) is 6.01. The van der Waals surface area contributed by atoms with Gasteiger partial charge in [0, 0.05) is 11.9 Å². The van der Waals surface area contributed by atoms with Crippen LogP contribution in [-0.2, 0) is 6.42 Å². The zero-order valence-corrected chi connectivity index (χ0v) is 11.0. The van der Waals surface area contributed by atoms with Crippen LogP contribution in [0.5, 0.6) is 0 Å². The molecule has 0 radical (unpaired) electrons. The minimum absolute atomic E-state index is 0.709. The Hall–Kier alpha value is -2.14. The first-order valence-electron chi connectivity index (χ1n) is 6.01. The van der Waals surface area contributed by atoms with Gasteiger partial charge in [-0.3, -0.25) is 4.99 Å². The maximum Gasteiger partial charge on any atom is 0.0991 e. The monoisotopic (exact) mass is 238 g/mol. The highest BCUT2D eigenvalue weighted by atomic mass is 14.7. The molecule has 0 saturated heterocycles. The number of aliphatic imine (C=N–C) groups is 1. The number of nitriles is 1. The quantitative estimate of drug-likeness (QED) is 0.715. The van der Waals surface area contributed by atoms with E-state index in [0.29, 0.717) is 5.56 Å². The summed E-state index contributed by atoms with van der Waals surface area (Å²) in [5.74, 6) is 0. The number of aryl methyl sites for hydroxylation is 2. The van der Waals surface area contributed by atoms with Crippen LogP contribution in [0.2, 0.25) is 0 Å². The molecule has 0 aliphatic heterocycles. The van der Waals surface area contributed by atoms with Crippen LogP contribution in [0.4, 0.5) is 0 Å². The van der Waals surface area contributed by atoms with Crippen LogP contribution in [-0.4, -0.2) is 5.71 Å². The van der Waals surface area contributed by atoms with Gasteiger partial charge in [-0.15, -0.1) is 0 Å². The molecule has 18 heavy (non-hydrogen) atoms. The van der Waals surface area contributed by atoms with E-state index in [0.717, 1.165) is 18.6 Å². The maximum absolute atomic E-state index is 8.89. The van der Waals surface area contributed by atoms with Gasteiger partial charge in [0.1, 0.15) is 0 Å². The van der Waals surface area contributed by atoms with Crippen molar-refractivity contribution in [3.05, 3.63) is 59.8 Å². The second kappa shape index (κ2) is 7.24. The maximum atomic E-state index is 8.89. The van der Waals surface area contributed by atoms with Gasteiger partial charge in [0.25, 0.3) is 0 Å². The van der Waals surface area contributed by atoms with Gasteiger partial charge in [0.2, 0.25) is 0 Å². The topological polar surface area (TPSA) is 36.1 Å². The lowest BCUT2D eigenvalue weighted by atomic mass is 10.00. The fraction of sp³-hybridized carbons (Fsp3) is 0.250. The number of allylic oxidation sites excluding steroid dienone is 2. The highest BCUT2D eigenvalue weighted by Gasteiger charge is 2.02. The van der Waals surface area contributed by atoms with Crippen LogP contribution in [0, 0.1) is 18.3 Å². The van der Waals surface area contributed by atoms with E-state index in [1.807, 2.05) is 31.2 Å². The summed E-state index contributed by atoms with van der Waals surface area (Å²) >= 11 is 0. The lowest BCUT2D eigenvalue weighted by Crippen LogP contribution is -1.98. The van der Waals surface area contributed by atoms with Gasteiger partial charge >= 0.3 is 0 Å². The van der Waals surface area contributed by atoms with Crippen molar-refractivity contribution in [1.82, 2.24) is 0 Å². The molecule has 0 unspecified atom stereocenters. The summed E-state index contributed by atoms with van der Waals surface area (Å²) in [5, 5.41) is 8.89. The molecule has 0 atom stereocenters. The molecule has 0 amide bonds. The molecular weight excluding hydrogens is 220 g/mol. The fourth-order valence-electron chi connectivity index (χ4n) is 1.66. The molecule has 2 nitrogen and oxygen atoms in total. The lowest BCUT2D eigenvalue weighted by molar-refractivity contribution is 1.02. The molecule has 92 valence electrons. The Kier molecular flexibility index (Phi) is 5.60. The number of hydrogen-bond acceptors (Lipinski definition) is 2. The Labute approximate surface area is 109 Å². The summed E-state index contributed by atoms with van der Waals surface area (Å²) in [6.45, 7) is 7.76. The molecule has 1 aromatic rings. The highest BCUT2D eigenvalue weighted by molar-refractivity contribution is 5.95. The van der Waals surface area contributed by atoms with Crippen LogP contribution >= 0.6 is 0 Å². The summed E-state index contributed by atoms with van der Waals surface area (Å²) in [5.41, 5.74) is 4.09. The number of rotatable bonds is 5. The van der Waals surface area contributed by atoms with E-state index in [-0.39, 0.29) is 0 Å². The third-order valence-electron chi connectivity index (χ3n) is 2.75. The first-order chi connectivity index (χ1) is 8.71. The minimum atomic E-state index is 0.709. The van der Waals surface area contributed by atoms with Crippen molar-refractivity contribution >= 4 is 5.71 Å². The molecule has 0 fully saturated rings. The van der Waals surface area contributed by atoms with E-state index in [1.54, 1.807) is 12.3 Å². The number of hydrogen-bond donors (Lipinski definition) is 0. The molecule has 0 N–H and O–H groups in total. The van der Waals surface area contributed by atoms with Crippen molar-refractivity contribution in [2.75, 3.05) is 0 Å². The largest absolute Gasteiger partial charge is 0.262 e. The molecule has 0 aromatic heterocycles. The van der Waals surface area contributed by atoms with Crippen LogP contribution in [0.1, 0.15) is 30.0 Å². The molecule has 0 aliphatic carbocycles. The highest BCUT2D eigenvalue weighted by Crippen LogP contribution is 2.13. The van der Waals surface area contributed by atoms with Crippen molar-refractivity contribution < 1.29 is 0 Å². The van der Waals surface area contributed by atoms with Crippen molar-refractivity contribution in [2.24, 2.45) is 4.99 Å². The molecule has 1 aromatic carbocycles. The van der Waals surface area contributed by atoms with Crippen molar-refractivity contribution in [2.45, 2.75) is 26.7 Å². The van der Waals surface area contributed by atoms with Gasteiger partial charge in [-0.1, -0.05) is 18.7 Å². The molecule has 0 heterocycles. The van der Waals surface area contributed by atoms with E-state index in [4.69, 9.17) is 5.26 Å². The second-order valence-electron chi connectivity index (χ2n) is 4.06. The third kappa shape index (κ3) is 4.03. The van der Waals surface area contributed by atoms with Gasteiger partial charge in [0.15, 0.2) is 0 Å². The Bertz CT molecular complexity index is 516. The van der Waals surface area contributed by atoms with Crippen molar-refractivity contribution in [3.63, 3.8) is 0 Å². The molecule has 2 heteroatoms.